The average Bonchev–Trinajstić information content (AvgIpc) is 2.42. The monoisotopic (exact) mass is 257 g/mol. The zero-order valence-electron chi connectivity index (χ0n) is 11.3. The molecule has 0 bridgehead atoms. The quantitative estimate of drug-likeness (QED) is 0.808. The summed E-state index contributed by atoms with van der Waals surface area (Å²) in [5.74, 6) is 0.717. The molecule has 0 saturated carbocycles. The van der Waals surface area contributed by atoms with E-state index in [0.717, 1.165) is 29.2 Å². The fraction of sp³-hybridized carbons (Fsp3) is 0.267. The van der Waals surface area contributed by atoms with Crippen LogP contribution in [0.15, 0.2) is 36.5 Å². The number of hydrogen-bond acceptors (Lipinski definition) is 4. The summed E-state index contributed by atoms with van der Waals surface area (Å²) < 4.78 is 5.47. The highest BCUT2D eigenvalue weighted by Gasteiger charge is 2.02. The van der Waals surface area contributed by atoms with Crippen molar-refractivity contribution in [1.82, 2.24) is 4.98 Å². The summed E-state index contributed by atoms with van der Waals surface area (Å²) >= 11 is 0. The second kappa shape index (κ2) is 6.09. The number of aromatic nitrogens is 1. The fourth-order valence-corrected chi connectivity index (χ4v) is 1.73. The normalized spacial score (nSPS) is 10.2. The van der Waals surface area contributed by atoms with E-state index in [-0.39, 0.29) is 0 Å². The van der Waals surface area contributed by atoms with Gasteiger partial charge >= 0.3 is 0 Å². The van der Waals surface area contributed by atoms with Gasteiger partial charge in [-0.05, 0) is 37.6 Å². The molecule has 4 nitrogen and oxygen atoms in total. The number of benzene rings is 1. The first-order valence-corrected chi connectivity index (χ1v) is 6.36. The summed E-state index contributed by atoms with van der Waals surface area (Å²) in [4.78, 5) is 4.27. The fourth-order valence-electron chi connectivity index (χ4n) is 1.73. The maximum absolute atomic E-state index is 5.84. The number of anilines is 2. The van der Waals surface area contributed by atoms with Gasteiger partial charge in [0, 0.05) is 30.2 Å². The van der Waals surface area contributed by atoms with Crippen molar-refractivity contribution < 1.29 is 4.74 Å². The van der Waals surface area contributed by atoms with Crippen LogP contribution in [0, 0.1) is 6.92 Å². The standard InChI is InChI=1S/C15H19N3O/c1-3-19-15-8-13(6-7-14(15)16)18-10-12-5-4-11(2)17-9-12/h4-9,18H,3,10,16H2,1-2H3. The van der Waals surface area contributed by atoms with Gasteiger partial charge in [0.15, 0.2) is 0 Å². The Morgan fingerprint density at radius 3 is 2.79 bits per heavy atom. The van der Waals surface area contributed by atoms with Crippen LogP contribution in [-0.2, 0) is 6.54 Å². The summed E-state index contributed by atoms with van der Waals surface area (Å²) in [6, 6.07) is 9.78. The minimum absolute atomic E-state index is 0.607. The Kier molecular flexibility index (Phi) is 4.23. The molecule has 1 heterocycles. The molecule has 1 aromatic heterocycles. The molecule has 0 spiro atoms. The average molecular weight is 257 g/mol. The van der Waals surface area contributed by atoms with Crippen molar-refractivity contribution in [2.75, 3.05) is 17.7 Å². The minimum Gasteiger partial charge on any atom is -0.492 e. The molecule has 2 aromatic rings. The Hall–Kier alpha value is -2.23. The predicted molar refractivity (Wildman–Crippen MR) is 78.3 cm³/mol. The highest BCUT2D eigenvalue weighted by atomic mass is 16.5. The van der Waals surface area contributed by atoms with Crippen molar-refractivity contribution in [1.29, 1.82) is 0 Å². The lowest BCUT2D eigenvalue weighted by Gasteiger charge is -2.11. The van der Waals surface area contributed by atoms with Gasteiger partial charge < -0.3 is 15.8 Å². The van der Waals surface area contributed by atoms with E-state index < -0.39 is 0 Å². The molecule has 0 aliphatic carbocycles. The van der Waals surface area contributed by atoms with E-state index in [0.29, 0.717) is 12.3 Å². The number of nitrogens with one attached hydrogen (secondary N) is 1. The molecule has 0 saturated heterocycles. The number of aryl methyl sites for hydroxylation is 1. The zero-order valence-corrected chi connectivity index (χ0v) is 11.3. The second-order valence-corrected chi connectivity index (χ2v) is 4.35. The summed E-state index contributed by atoms with van der Waals surface area (Å²) in [7, 11) is 0. The lowest BCUT2D eigenvalue weighted by molar-refractivity contribution is 0.342. The van der Waals surface area contributed by atoms with E-state index in [2.05, 4.69) is 16.4 Å². The number of ether oxygens (including phenoxy) is 1. The third kappa shape index (κ3) is 3.61. The first kappa shape index (κ1) is 13.2. The summed E-state index contributed by atoms with van der Waals surface area (Å²) in [5.41, 5.74) is 9.64. The van der Waals surface area contributed by atoms with Crippen LogP contribution in [0.3, 0.4) is 0 Å². The van der Waals surface area contributed by atoms with E-state index in [1.54, 1.807) is 0 Å². The van der Waals surface area contributed by atoms with Crippen LogP contribution in [0.1, 0.15) is 18.2 Å². The van der Waals surface area contributed by atoms with Gasteiger partial charge in [0.2, 0.25) is 0 Å². The van der Waals surface area contributed by atoms with Gasteiger partial charge in [-0.3, -0.25) is 4.98 Å². The Balaban J connectivity index is 2.03. The minimum atomic E-state index is 0.607. The van der Waals surface area contributed by atoms with Gasteiger partial charge in [-0.2, -0.15) is 0 Å². The Bertz CT molecular complexity index is 538. The third-order valence-electron chi connectivity index (χ3n) is 2.78. The lowest BCUT2D eigenvalue weighted by Crippen LogP contribution is -2.02. The maximum atomic E-state index is 5.84. The highest BCUT2D eigenvalue weighted by Crippen LogP contribution is 2.25. The molecular weight excluding hydrogens is 238 g/mol. The molecule has 0 fully saturated rings. The largest absolute Gasteiger partial charge is 0.492 e. The van der Waals surface area contributed by atoms with Crippen LogP contribution in [0.2, 0.25) is 0 Å². The maximum Gasteiger partial charge on any atom is 0.144 e. The lowest BCUT2D eigenvalue weighted by atomic mass is 10.2. The first-order chi connectivity index (χ1) is 9.19. The number of hydrogen-bond donors (Lipinski definition) is 2. The van der Waals surface area contributed by atoms with Crippen LogP contribution in [0.4, 0.5) is 11.4 Å². The number of rotatable bonds is 5. The van der Waals surface area contributed by atoms with Crippen LogP contribution in [-0.4, -0.2) is 11.6 Å². The van der Waals surface area contributed by atoms with E-state index in [9.17, 15) is 0 Å². The third-order valence-corrected chi connectivity index (χ3v) is 2.78. The molecule has 0 aliphatic rings. The zero-order chi connectivity index (χ0) is 13.7. The molecule has 2 rings (SSSR count). The summed E-state index contributed by atoms with van der Waals surface area (Å²) in [6.45, 7) is 5.25. The van der Waals surface area contributed by atoms with Crippen LogP contribution >= 0.6 is 0 Å². The van der Waals surface area contributed by atoms with Crippen molar-refractivity contribution in [2.45, 2.75) is 20.4 Å². The Labute approximate surface area is 113 Å². The topological polar surface area (TPSA) is 60.2 Å². The molecule has 0 amide bonds. The van der Waals surface area contributed by atoms with E-state index in [1.807, 2.05) is 44.3 Å². The van der Waals surface area contributed by atoms with Crippen molar-refractivity contribution >= 4 is 11.4 Å². The van der Waals surface area contributed by atoms with Gasteiger partial charge in [0.25, 0.3) is 0 Å². The summed E-state index contributed by atoms with van der Waals surface area (Å²) in [6.07, 6.45) is 1.88. The SMILES string of the molecule is CCOc1cc(NCc2ccc(C)nc2)ccc1N. The molecule has 100 valence electrons. The molecule has 0 aliphatic heterocycles. The van der Waals surface area contributed by atoms with Crippen LogP contribution < -0.4 is 15.8 Å². The van der Waals surface area contributed by atoms with Crippen molar-refractivity contribution in [3.8, 4) is 5.75 Å². The smallest absolute Gasteiger partial charge is 0.144 e. The van der Waals surface area contributed by atoms with Crippen molar-refractivity contribution in [2.24, 2.45) is 0 Å². The highest BCUT2D eigenvalue weighted by molar-refractivity contribution is 5.61. The number of pyridine rings is 1. The molecule has 0 radical (unpaired) electrons. The molecule has 19 heavy (non-hydrogen) atoms. The molecule has 0 unspecified atom stereocenters. The predicted octanol–water partition coefficient (Wildman–Crippen LogP) is 2.98. The van der Waals surface area contributed by atoms with Gasteiger partial charge in [-0.25, -0.2) is 0 Å². The van der Waals surface area contributed by atoms with E-state index >= 15 is 0 Å². The molecule has 0 atom stereocenters. The number of nitrogen functional groups attached to an aromatic ring is 1. The second-order valence-electron chi connectivity index (χ2n) is 4.35. The molecular formula is C15H19N3O. The van der Waals surface area contributed by atoms with Crippen molar-refractivity contribution in [3.05, 3.63) is 47.8 Å². The van der Waals surface area contributed by atoms with Crippen molar-refractivity contribution in [3.63, 3.8) is 0 Å². The van der Waals surface area contributed by atoms with E-state index in [1.165, 1.54) is 0 Å². The molecule has 3 N–H and O–H groups in total. The van der Waals surface area contributed by atoms with Crippen LogP contribution in [0.5, 0.6) is 5.75 Å². The molecule has 1 aromatic carbocycles. The Morgan fingerprint density at radius 2 is 2.11 bits per heavy atom. The summed E-state index contributed by atoms with van der Waals surface area (Å²) in [5, 5.41) is 3.33. The number of nitrogens with two attached hydrogens (primary N) is 1. The van der Waals surface area contributed by atoms with Gasteiger partial charge in [-0.15, -0.1) is 0 Å². The Morgan fingerprint density at radius 1 is 1.26 bits per heavy atom. The number of nitrogens with zero attached hydrogens (tertiary/aromatic N) is 1. The van der Waals surface area contributed by atoms with E-state index in [4.69, 9.17) is 10.5 Å². The van der Waals surface area contributed by atoms with Gasteiger partial charge in [-0.1, -0.05) is 6.07 Å². The molecule has 4 heteroatoms. The van der Waals surface area contributed by atoms with Crippen LogP contribution in [0.25, 0.3) is 0 Å². The van der Waals surface area contributed by atoms with Gasteiger partial charge in [0.05, 0.1) is 12.3 Å². The first-order valence-electron chi connectivity index (χ1n) is 6.36. The van der Waals surface area contributed by atoms with Gasteiger partial charge in [0.1, 0.15) is 5.75 Å².